The van der Waals surface area contributed by atoms with Crippen molar-refractivity contribution in [2.75, 3.05) is 10.6 Å². The highest BCUT2D eigenvalue weighted by Gasteiger charge is 2.22. The summed E-state index contributed by atoms with van der Waals surface area (Å²) < 4.78 is 2.40. The molecule has 0 spiro atoms. The van der Waals surface area contributed by atoms with Crippen LogP contribution in [0.1, 0.15) is 20.7 Å². The highest BCUT2D eigenvalue weighted by atomic mass is 79.9. The molecule has 8 heteroatoms. The highest BCUT2D eigenvalue weighted by molar-refractivity contribution is 9.10. The number of anilines is 2. The van der Waals surface area contributed by atoms with Crippen LogP contribution in [0.4, 0.5) is 11.5 Å². The van der Waals surface area contributed by atoms with Crippen LogP contribution in [0.15, 0.2) is 89.5 Å². The van der Waals surface area contributed by atoms with Gasteiger partial charge in [-0.3, -0.25) is 9.59 Å². The second-order valence-electron chi connectivity index (χ2n) is 6.55. The first-order valence-electron chi connectivity index (χ1n) is 9.29. The van der Waals surface area contributed by atoms with Crippen molar-refractivity contribution in [1.82, 2.24) is 9.78 Å². The van der Waals surface area contributed by atoms with E-state index in [1.54, 1.807) is 36.4 Å². The average molecular weight is 496 g/mol. The number of nitrogens with one attached hydrogen (secondary N) is 2. The Kier molecular flexibility index (Phi) is 6.16. The molecule has 6 nitrogen and oxygen atoms in total. The van der Waals surface area contributed by atoms with Crippen LogP contribution in [0.2, 0.25) is 5.02 Å². The predicted molar refractivity (Wildman–Crippen MR) is 125 cm³/mol. The van der Waals surface area contributed by atoms with Crippen LogP contribution in [0.3, 0.4) is 0 Å². The molecule has 0 radical (unpaired) electrons. The number of carbonyl (C=O) groups is 2. The number of halogens is 2. The van der Waals surface area contributed by atoms with Gasteiger partial charge in [-0.25, -0.2) is 4.68 Å². The summed E-state index contributed by atoms with van der Waals surface area (Å²) >= 11 is 9.54. The molecule has 31 heavy (non-hydrogen) atoms. The van der Waals surface area contributed by atoms with Gasteiger partial charge in [0.15, 0.2) is 0 Å². The summed E-state index contributed by atoms with van der Waals surface area (Å²) in [4.78, 5) is 25.9. The first kappa shape index (κ1) is 20.8. The summed E-state index contributed by atoms with van der Waals surface area (Å²) in [7, 11) is 0. The molecule has 3 aromatic carbocycles. The summed E-state index contributed by atoms with van der Waals surface area (Å²) in [6.07, 6.45) is 1.42. The molecule has 1 aromatic heterocycles. The number of amides is 2. The molecule has 0 bridgehead atoms. The van der Waals surface area contributed by atoms with Crippen LogP contribution < -0.4 is 10.6 Å². The van der Waals surface area contributed by atoms with E-state index in [1.807, 2.05) is 42.5 Å². The molecule has 4 aromatic rings. The van der Waals surface area contributed by atoms with Gasteiger partial charge in [0.1, 0.15) is 11.4 Å². The van der Waals surface area contributed by atoms with Crippen LogP contribution in [0.5, 0.6) is 0 Å². The number of nitrogens with zero attached hydrogens (tertiary/aromatic N) is 2. The third-order valence-electron chi connectivity index (χ3n) is 4.47. The van der Waals surface area contributed by atoms with E-state index in [2.05, 4.69) is 31.7 Å². The Morgan fingerprint density at radius 2 is 1.45 bits per heavy atom. The largest absolute Gasteiger partial charge is 0.322 e. The molecule has 0 aliphatic carbocycles. The van der Waals surface area contributed by atoms with E-state index in [1.165, 1.54) is 10.9 Å². The van der Waals surface area contributed by atoms with Crippen molar-refractivity contribution < 1.29 is 9.59 Å². The number of para-hydroxylation sites is 1. The second-order valence-corrected chi connectivity index (χ2v) is 7.87. The fourth-order valence-corrected chi connectivity index (χ4v) is 3.44. The molecule has 0 aliphatic rings. The van der Waals surface area contributed by atoms with Crippen molar-refractivity contribution in [1.29, 1.82) is 0 Å². The Balaban J connectivity index is 1.71. The topological polar surface area (TPSA) is 76.0 Å². The molecule has 0 fully saturated rings. The maximum Gasteiger partial charge on any atom is 0.261 e. The quantitative estimate of drug-likeness (QED) is 0.368. The van der Waals surface area contributed by atoms with Gasteiger partial charge >= 0.3 is 0 Å². The minimum atomic E-state index is -0.444. The SMILES string of the molecule is O=C(Nc1c(C(=O)Nc2ccc(Br)cc2)cnn1-c1ccccc1)c1ccccc1Cl. The lowest BCUT2D eigenvalue weighted by atomic mass is 10.2. The summed E-state index contributed by atoms with van der Waals surface area (Å²) in [6, 6.07) is 23.1. The van der Waals surface area contributed by atoms with Crippen molar-refractivity contribution in [2.45, 2.75) is 0 Å². The fraction of sp³-hybridized carbons (Fsp3) is 0. The zero-order valence-corrected chi connectivity index (χ0v) is 18.4. The van der Waals surface area contributed by atoms with E-state index in [-0.39, 0.29) is 11.4 Å². The van der Waals surface area contributed by atoms with E-state index in [9.17, 15) is 9.59 Å². The third kappa shape index (κ3) is 4.68. The molecular formula is C23H16BrClN4O2. The van der Waals surface area contributed by atoms with Gasteiger partial charge in [-0.1, -0.05) is 57.9 Å². The Morgan fingerprint density at radius 1 is 0.806 bits per heavy atom. The lowest BCUT2D eigenvalue weighted by Crippen LogP contribution is -2.20. The van der Waals surface area contributed by atoms with Crippen molar-refractivity contribution in [3.05, 3.63) is 106 Å². The monoisotopic (exact) mass is 494 g/mol. The Bertz CT molecular complexity index is 1240. The van der Waals surface area contributed by atoms with E-state index in [4.69, 9.17) is 11.6 Å². The van der Waals surface area contributed by atoms with Crippen LogP contribution in [0, 0.1) is 0 Å². The molecule has 0 aliphatic heterocycles. The van der Waals surface area contributed by atoms with Gasteiger partial charge < -0.3 is 10.6 Å². The maximum absolute atomic E-state index is 13.0. The van der Waals surface area contributed by atoms with Gasteiger partial charge in [0, 0.05) is 10.2 Å². The summed E-state index contributed by atoms with van der Waals surface area (Å²) in [6.45, 7) is 0. The van der Waals surface area contributed by atoms with Crippen LogP contribution in [-0.2, 0) is 0 Å². The van der Waals surface area contributed by atoms with Gasteiger partial charge in [0.25, 0.3) is 11.8 Å². The number of carbonyl (C=O) groups excluding carboxylic acids is 2. The minimum absolute atomic E-state index is 0.215. The van der Waals surface area contributed by atoms with Gasteiger partial charge in [-0.05, 0) is 48.5 Å². The van der Waals surface area contributed by atoms with Crippen LogP contribution in [0.25, 0.3) is 5.69 Å². The van der Waals surface area contributed by atoms with E-state index in [0.717, 1.165) is 4.47 Å². The predicted octanol–water partition coefficient (Wildman–Crippen LogP) is 5.79. The Labute approximate surface area is 192 Å². The van der Waals surface area contributed by atoms with Crippen molar-refractivity contribution in [3.8, 4) is 5.69 Å². The summed E-state index contributed by atoms with van der Waals surface area (Å²) in [5.74, 6) is -0.606. The molecular weight excluding hydrogens is 480 g/mol. The van der Waals surface area contributed by atoms with E-state index in [0.29, 0.717) is 22.0 Å². The fourth-order valence-electron chi connectivity index (χ4n) is 2.95. The number of rotatable bonds is 5. The molecule has 0 saturated heterocycles. The standard InChI is InChI=1S/C23H16BrClN4O2/c24-15-10-12-16(13-11-15)27-23(31)19-14-26-29(17-6-2-1-3-7-17)21(19)28-22(30)18-8-4-5-9-20(18)25/h1-14H,(H,27,31)(H,28,30). The molecule has 0 saturated carbocycles. The lowest BCUT2D eigenvalue weighted by molar-refractivity contribution is 0.102. The minimum Gasteiger partial charge on any atom is -0.322 e. The molecule has 154 valence electrons. The average Bonchev–Trinajstić information content (AvgIpc) is 3.20. The van der Waals surface area contributed by atoms with E-state index >= 15 is 0 Å². The summed E-state index contributed by atoms with van der Waals surface area (Å²) in [5.41, 5.74) is 1.82. The molecule has 4 rings (SSSR count). The van der Waals surface area contributed by atoms with Crippen LogP contribution in [-0.4, -0.2) is 21.6 Å². The lowest BCUT2D eigenvalue weighted by Gasteiger charge is -2.12. The maximum atomic E-state index is 13.0. The van der Waals surface area contributed by atoms with Crippen molar-refractivity contribution >= 4 is 50.9 Å². The van der Waals surface area contributed by atoms with Gasteiger partial charge in [0.2, 0.25) is 0 Å². The molecule has 2 N–H and O–H groups in total. The Morgan fingerprint density at radius 3 is 2.16 bits per heavy atom. The molecule has 1 heterocycles. The molecule has 2 amide bonds. The zero-order chi connectivity index (χ0) is 21.8. The third-order valence-corrected chi connectivity index (χ3v) is 5.33. The van der Waals surface area contributed by atoms with Gasteiger partial charge in [-0.2, -0.15) is 5.10 Å². The molecule has 0 atom stereocenters. The first-order chi connectivity index (χ1) is 15.0. The number of hydrogen-bond donors (Lipinski definition) is 2. The smallest absolute Gasteiger partial charge is 0.261 e. The number of benzene rings is 3. The second kappa shape index (κ2) is 9.16. The highest BCUT2D eigenvalue weighted by Crippen LogP contribution is 2.24. The van der Waals surface area contributed by atoms with Crippen LogP contribution >= 0.6 is 27.5 Å². The van der Waals surface area contributed by atoms with Gasteiger partial charge in [0.05, 0.1) is 22.5 Å². The number of hydrogen-bond acceptors (Lipinski definition) is 3. The zero-order valence-electron chi connectivity index (χ0n) is 16.0. The Hall–Kier alpha value is -3.42. The first-order valence-corrected chi connectivity index (χ1v) is 10.5. The van der Waals surface area contributed by atoms with Crippen molar-refractivity contribution in [3.63, 3.8) is 0 Å². The van der Waals surface area contributed by atoms with Gasteiger partial charge in [-0.15, -0.1) is 0 Å². The summed E-state index contributed by atoms with van der Waals surface area (Å²) in [5, 5.41) is 10.3. The molecule has 0 unspecified atom stereocenters. The van der Waals surface area contributed by atoms with E-state index < -0.39 is 11.8 Å². The van der Waals surface area contributed by atoms with Crippen molar-refractivity contribution in [2.24, 2.45) is 0 Å². The number of aromatic nitrogens is 2. The normalized spacial score (nSPS) is 10.5.